The van der Waals surface area contributed by atoms with Gasteiger partial charge in [-0.25, -0.2) is 0 Å². The van der Waals surface area contributed by atoms with Crippen molar-refractivity contribution in [3.05, 3.63) is 0 Å². The molecule has 0 unspecified atom stereocenters. The Morgan fingerprint density at radius 3 is 2.67 bits per heavy atom. The van der Waals surface area contributed by atoms with Crippen LogP contribution in [-0.2, 0) is 4.74 Å². The highest BCUT2D eigenvalue weighted by Crippen LogP contribution is 2.21. The highest BCUT2D eigenvalue weighted by atomic mass is 32.1. The first-order chi connectivity index (χ1) is 4.43. The van der Waals surface area contributed by atoms with Crippen LogP contribution in [0.1, 0.15) is 25.7 Å². The van der Waals surface area contributed by atoms with E-state index in [0.717, 1.165) is 18.8 Å². The molecule has 1 aliphatic rings. The standard InChI is InChI=1S/C7H14OS/c9-6-2-5-8-7-3-1-4-7/h7,9H,1-6H2. The molecule has 2 heteroatoms. The van der Waals surface area contributed by atoms with Gasteiger partial charge in [0, 0.05) is 6.61 Å². The van der Waals surface area contributed by atoms with E-state index >= 15 is 0 Å². The first-order valence-electron chi connectivity index (χ1n) is 3.66. The molecule has 0 radical (unpaired) electrons. The van der Waals surface area contributed by atoms with Crippen molar-refractivity contribution < 1.29 is 4.74 Å². The number of thiol groups is 1. The minimum absolute atomic E-state index is 0.602. The van der Waals surface area contributed by atoms with Crippen LogP contribution in [-0.4, -0.2) is 18.5 Å². The van der Waals surface area contributed by atoms with Gasteiger partial charge in [-0.1, -0.05) is 0 Å². The lowest BCUT2D eigenvalue weighted by Crippen LogP contribution is -2.21. The van der Waals surface area contributed by atoms with Gasteiger partial charge in [0.1, 0.15) is 0 Å². The second kappa shape index (κ2) is 4.18. The van der Waals surface area contributed by atoms with Gasteiger partial charge in [0.2, 0.25) is 0 Å². The monoisotopic (exact) mass is 146 g/mol. The molecule has 54 valence electrons. The van der Waals surface area contributed by atoms with Gasteiger partial charge in [-0.2, -0.15) is 12.6 Å². The summed E-state index contributed by atoms with van der Waals surface area (Å²) < 4.78 is 5.47. The number of hydrogen-bond acceptors (Lipinski definition) is 2. The van der Waals surface area contributed by atoms with Crippen LogP contribution >= 0.6 is 12.6 Å². The van der Waals surface area contributed by atoms with Gasteiger partial charge in [-0.05, 0) is 31.4 Å². The maximum atomic E-state index is 5.47. The summed E-state index contributed by atoms with van der Waals surface area (Å²) in [5.74, 6) is 0.951. The fourth-order valence-electron chi connectivity index (χ4n) is 0.852. The van der Waals surface area contributed by atoms with Crippen LogP contribution in [0.25, 0.3) is 0 Å². The van der Waals surface area contributed by atoms with E-state index in [1.165, 1.54) is 19.3 Å². The van der Waals surface area contributed by atoms with Crippen molar-refractivity contribution in [1.82, 2.24) is 0 Å². The summed E-state index contributed by atoms with van der Waals surface area (Å²) in [7, 11) is 0. The molecule has 9 heavy (non-hydrogen) atoms. The van der Waals surface area contributed by atoms with E-state index in [-0.39, 0.29) is 0 Å². The summed E-state index contributed by atoms with van der Waals surface area (Å²) in [6, 6.07) is 0. The smallest absolute Gasteiger partial charge is 0.0575 e. The van der Waals surface area contributed by atoms with Gasteiger partial charge in [0.05, 0.1) is 6.10 Å². The molecule has 0 saturated heterocycles. The van der Waals surface area contributed by atoms with Crippen LogP contribution in [0, 0.1) is 0 Å². The molecule has 1 nitrogen and oxygen atoms in total. The third-order valence-electron chi connectivity index (χ3n) is 1.71. The second-order valence-electron chi connectivity index (χ2n) is 2.50. The lowest BCUT2D eigenvalue weighted by atomic mass is 9.96. The van der Waals surface area contributed by atoms with E-state index in [0.29, 0.717) is 6.10 Å². The van der Waals surface area contributed by atoms with Gasteiger partial charge < -0.3 is 4.74 Å². The average molecular weight is 146 g/mol. The Bertz CT molecular complexity index is 71.3. The normalized spacial score (nSPS) is 19.7. The van der Waals surface area contributed by atoms with Gasteiger partial charge in [0.15, 0.2) is 0 Å². The molecule has 0 amide bonds. The zero-order valence-electron chi connectivity index (χ0n) is 5.68. The van der Waals surface area contributed by atoms with Gasteiger partial charge >= 0.3 is 0 Å². The fourth-order valence-corrected chi connectivity index (χ4v) is 0.981. The molecule has 1 aliphatic carbocycles. The van der Waals surface area contributed by atoms with Crippen LogP contribution in [0.3, 0.4) is 0 Å². The summed E-state index contributed by atoms with van der Waals surface area (Å²) >= 11 is 4.09. The van der Waals surface area contributed by atoms with Crippen molar-refractivity contribution in [2.24, 2.45) is 0 Å². The molecule has 0 spiro atoms. The van der Waals surface area contributed by atoms with Crippen molar-refractivity contribution >= 4 is 12.6 Å². The second-order valence-corrected chi connectivity index (χ2v) is 2.95. The molecule has 0 aromatic rings. The summed E-state index contributed by atoms with van der Waals surface area (Å²) in [5, 5.41) is 0. The van der Waals surface area contributed by atoms with E-state index in [1.807, 2.05) is 0 Å². The van der Waals surface area contributed by atoms with E-state index in [4.69, 9.17) is 4.74 Å². The lowest BCUT2D eigenvalue weighted by molar-refractivity contribution is 0.00325. The minimum atomic E-state index is 0.602. The molecule has 0 heterocycles. The Hall–Kier alpha value is 0.310. The van der Waals surface area contributed by atoms with Crippen molar-refractivity contribution in [1.29, 1.82) is 0 Å². The van der Waals surface area contributed by atoms with Crippen LogP contribution in [0.2, 0.25) is 0 Å². The number of hydrogen-bond donors (Lipinski definition) is 1. The minimum Gasteiger partial charge on any atom is -0.378 e. The SMILES string of the molecule is SCCCOC1CCC1. The van der Waals surface area contributed by atoms with Crippen molar-refractivity contribution in [2.45, 2.75) is 31.8 Å². The largest absolute Gasteiger partial charge is 0.378 e. The lowest BCUT2D eigenvalue weighted by Gasteiger charge is -2.25. The molecule has 0 aliphatic heterocycles. The molecule has 0 N–H and O–H groups in total. The van der Waals surface area contributed by atoms with E-state index in [1.54, 1.807) is 0 Å². The maximum Gasteiger partial charge on any atom is 0.0575 e. The maximum absolute atomic E-state index is 5.47. The van der Waals surface area contributed by atoms with Crippen molar-refractivity contribution in [3.63, 3.8) is 0 Å². The highest BCUT2D eigenvalue weighted by molar-refractivity contribution is 7.80. The summed E-state index contributed by atoms with van der Waals surface area (Å²) in [6.45, 7) is 0.911. The molecule has 0 atom stereocenters. The molecular formula is C7H14OS. The first-order valence-corrected chi connectivity index (χ1v) is 4.29. The zero-order chi connectivity index (χ0) is 6.53. The Kier molecular flexibility index (Phi) is 3.44. The third-order valence-corrected chi connectivity index (χ3v) is 2.02. The molecule has 0 aromatic heterocycles. The van der Waals surface area contributed by atoms with Crippen LogP contribution in [0.15, 0.2) is 0 Å². The van der Waals surface area contributed by atoms with Crippen molar-refractivity contribution in [3.8, 4) is 0 Å². The van der Waals surface area contributed by atoms with E-state index in [2.05, 4.69) is 12.6 Å². The van der Waals surface area contributed by atoms with E-state index in [9.17, 15) is 0 Å². The summed E-state index contributed by atoms with van der Waals surface area (Å²) in [4.78, 5) is 0. The molecular weight excluding hydrogens is 132 g/mol. The fraction of sp³-hybridized carbons (Fsp3) is 1.00. The highest BCUT2D eigenvalue weighted by Gasteiger charge is 2.16. The molecule has 0 bridgehead atoms. The Morgan fingerprint density at radius 1 is 1.44 bits per heavy atom. The quantitative estimate of drug-likeness (QED) is 0.470. The van der Waals surface area contributed by atoms with E-state index < -0.39 is 0 Å². The molecule has 1 rings (SSSR count). The predicted octanol–water partition coefficient (Wildman–Crippen LogP) is 1.88. The predicted molar refractivity (Wildman–Crippen MR) is 42.1 cm³/mol. The third kappa shape index (κ3) is 2.59. The Morgan fingerprint density at radius 2 is 2.22 bits per heavy atom. The van der Waals surface area contributed by atoms with Gasteiger partial charge in [-0.3, -0.25) is 0 Å². The van der Waals surface area contributed by atoms with Crippen LogP contribution in [0.4, 0.5) is 0 Å². The number of rotatable bonds is 4. The van der Waals surface area contributed by atoms with Gasteiger partial charge in [-0.15, -0.1) is 0 Å². The first kappa shape index (κ1) is 7.42. The topological polar surface area (TPSA) is 9.23 Å². The summed E-state index contributed by atoms with van der Waals surface area (Å²) in [6.07, 6.45) is 5.63. The molecule has 1 saturated carbocycles. The van der Waals surface area contributed by atoms with Crippen molar-refractivity contribution in [2.75, 3.05) is 12.4 Å². The van der Waals surface area contributed by atoms with Crippen LogP contribution < -0.4 is 0 Å². The molecule has 0 aromatic carbocycles. The Balaban J connectivity index is 1.80. The number of ether oxygens (including phenoxy) is 1. The Labute approximate surface area is 62.2 Å². The summed E-state index contributed by atoms with van der Waals surface area (Å²) in [5.41, 5.74) is 0. The average Bonchev–Trinajstić information content (AvgIpc) is 1.76. The van der Waals surface area contributed by atoms with Gasteiger partial charge in [0.25, 0.3) is 0 Å². The van der Waals surface area contributed by atoms with Crippen LogP contribution in [0.5, 0.6) is 0 Å². The molecule has 1 fully saturated rings. The zero-order valence-corrected chi connectivity index (χ0v) is 6.57.